The van der Waals surface area contributed by atoms with E-state index in [2.05, 4.69) is 65.4 Å². The van der Waals surface area contributed by atoms with Gasteiger partial charge < -0.3 is 15.1 Å². The van der Waals surface area contributed by atoms with Crippen molar-refractivity contribution in [3.8, 4) is 0 Å². The molecule has 0 spiro atoms. The number of rotatable bonds is 6. The van der Waals surface area contributed by atoms with Crippen LogP contribution in [0.3, 0.4) is 0 Å². The third kappa shape index (κ3) is 4.91. The van der Waals surface area contributed by atoms with Crippen LogP contribution in [-0.4, -0.2) is 69.6 Å². The molecule has 0 unspecified atom stereocenters. The molecular formula is C23H32N4O. The molecule has 1 heterocycles. The van der Waals surface area contributed by atoms with Crippen LogP contribution in [0.4, 0.5) is 5.69 Å². The zero-order valence-electron chi connectivity index (χ0n) is 17.5. The number of likely N-dealkylation sites (N-methyl/N-ethyl adjacent to an activating group) is 1. The van der Waals surface area contributed by atoms with Crippen LogP contribution in [0.25, 0.3) is 0 Å². The summed E-state index contributed by atoms with van der Waals surface area (Å²) in [6.07, 6.45) is 0. The Balaban J connectivity index is 1.76. The second kappa shape index (κ2) is 9.22. The molecule has 1 fully saturated rings. The van der Waals surface area contributed by atoms with Crippen molar-refractivity contribution in [2.45, 2.75) is 13.0 Å². The molecule has 150 valence electrons. The SMILES string of the molecule is Cc1ccccc1C(=O)NC[C@@H](c1ccc(N(C)C)cc1)N1CCN(C)CC1. The molecule has 1 amide bonds. The number of nitrogens with one attached hydrogen (secondary N) is 1. The molecule has 1 saturated heterocycles. The van der Waals surface area contributed by atoms with Crippen LogP contribution < -0.4 is 10.2 Å². The molecule has 0 radical (unpaired) electrons. The van der Waals surface area contributed by atoms with Crippen molar-refractivity contribution >= 4 is 11.6 Å². The summed E-state index contributed by atoms with van der Waals surface area (Å²) in [6, 6.07) is 16.6. The van der Waals surface area contributed by atoms with E-state index in [1.165, 1.54) is 11.3 Å². The molecule has 0 aliphatic carbocycles. The minimum Gasteiger partial charge on any atom is -0.378 e. The van der Waals surface area contributed by atoms with Crippen LogP contribution >= 0.6 is 0 Å². The number of nitrogens with zero attached hydrogens (tertiary/aromatic N) is 3. The van der Waals surface area contributed by atoms with Crippen LogP contribution in [-0.2, 0) is 0 Å². The monoisotopic (exact) mass is 380 g/mol. The van der Waals surface area contributed by atoms with Crippen molar-refractivity contribution in [2.75, 3.05) is 58.8 Å². The van der Waals surface area contributed by atoms with E-state index in [4.69, 9.17) is 0 Å². The fraction of sp³-hybridized carbons (Fsp3) is 0.435. The van der Waals surface area contributed by atoms with Gasteiger partial charge in [0.15, 0.2) is 0 Å². The Morgan fingerprint density at radius 1 is 1.04 bits per heavy atom. The number of hydrogen-bond acceptors (Lipinski definition) is 4. The fourth-order valence-electron chi connectivity index (χ4n) is 3.70. The quantitative estimate of drug-likeness (QED) is 0.836. The molecule has 2 aromatic rings. The summed E-state index contributed by atoms with van der Waals surface area (Å²) in [4.78, 5) is 19.7. The van der Waals surface area contributed by atoms with Crippen molar-refractivity contribution in [1.29, 1.82) is 0 Å². The highest BCUT2D eigenvalue weighted by molar-refractivity contribution is 5.95. The maximum absolute atomic E-state index is 12.7. The molecule has 1 aliphatic rings. The maximum Gasteiger partial charge on any atom is 0.251 e. The molecule has 28 heavy (non-hydrogen) atoms. The van der Waals surface area contributed by atoms with Crippen LogP contribution in [0.1, 0.15) is 27.5 Å². The van der Waals surface area contributed by atoms with Crippen molar-refractivity contribution in [3.63, 3.8) is 0 Å². The topological polar surface area (TPSA) is 38.8 Å². The van der Waals surface area contributed by atoms with Gasteiger partial charge in [-0.05, 0) is 43.3 Å². The lowest BCUT2D eigenvalue weighted by Crippen LogP contribution is -2.48. The summed E-state index contributed by atoms with van der Waals surface area (Å²) in [5.41, 5.74) is 4.19. The lowest BCUT2D eigenvalue weighted by molar-refractivity contribution is 0.0885. The van der Waals surface area contributed by atoms with Crippen molar-refractivity contribution < 1.29 is 4.79 Å². The Morgan fingerprint density at radius 2 is 1.68 bits per heavy atom. The Kier molecular flexibility index (Phi) is 6.70. The van der Waals surface area contributed by atoms with Crippen LogP contribution in [0, 0.1) is 6.92 Å². The van der Waals surface area contributed by atoms with E-state index >= 15 is 0 Å². The predicted molar refractivity (Wildman–Crippen MR) is 116 cm³/mol. The average Bonchev–Trinajstić information content (AvgIpc) is 2.70. The van der Waals surface area contributed by atoms with Gasteiger partial charge in [0.2, 0.25) is 0 Å². The Hall–Kier alpha value is -2.37. The zero-order chi connectivity index (χ0) is 20.1. The molecule has 1 N–H and O–H groups in total. The molecule has 5 nitrogen and oxygen atoms in total. The highest BCUT2D eigenvalue weighted by Crippen LogP contribution is 2.24. The van der Waals surface area contributed by atoms with Gasteiger partial charge in [0.25, 0.3) is 5.91 Å². The first kappa shape index (κ1) is 20.4. The zero-order valence-corrected chi connectivity index (χ0v) is 17.5. The van der Waals surface area contributed by atoms with Crippen molar-refractivity contribution in [3.05, 3.63) is 65.2 Å². The summed E-state index contributed by atoms with van der Waals surface area (Å²) in [7, 11) is 6.27. The van der Waals surface area contributed by atoms with Gasteiger partial charge >= 0.3 is 0 Å². The molecule has 1 aliphatic heterocycles. The van der Waals surface area contributed by atoms with Gasteiger partial charge in [0.1, 0.15) is 0 Å². The van der Waals surface area contributed by atoms with E-state index in [9.17, 15) is 4.79 Å². The molecule has 0 aromatic heterocycles. The van der Waals surface area contributed by atoms with Crippen LogP contribution in [0.5, 0.6) is 0 Å². The Bertz CT molecular complexity index is 779. The van der Waals surface area contributed by atoms with E-state index in [-0.39, 0.29) is 11.9 Å². The molecule has 0 saturated carbocycles. The summed E-state index contributed by atoms with van der Waals surface area (Å²) >= 11 is 0. The number of hydrogen-bond donors (Lipinski definition) is 1. The van der Waals surface area contributed by atoms with Gasteiger partial charge in [0.05, 0.1) is 6.04 Å². The van der Waals surface area contributed by atoms with Gasteiger partial charge in [-0.2, -0.15) is 0 Å². The Morgan fingerprint density at radius 3 is 2.29 bits per heavy atom. The first-order valence-electron chi connectivity index (χ1n) is 9.99. The lowest BCUT2D eigenvalue weighted by atomic mass is 10.0. The number of carbonyl (C=O) groups is 1. The minimum absolute atomic E-state index is 0.00198. The lowest BCUT2D eigenvalue weighted by Gasteiger charge is -2.38. The molecule has 2 aromatic carbocycles. The van der Waals surface area contributed by atoms with Crippen molar-refractivity contribution in [2.24, 2.45) is 0 Å². The third-order valence-corrected chi connectivity index (χ3v) is 5.62. The minimum atomic E-state index is 0.00198. The van der Waals surface area contributed by atoms with Gasteiger partial charge in [-0.3, -0.25) is 9.69 Å². The largest absolute Gasteiger partial charge is 0.378 e. The number of carbonyl (C=O) groups excluding carboxylic acids is 1. The number of anilines is 1. The van der Waals surface area contributed by atoms with Crippen LogP contribution in [0.2, 0.25) is 0 Å². The van der Waals surface area contributed by atoms with E-state index in [1.54, 1.807) is 0 Å². The van der Waals surface area contributed by atoms with E-state index in [0.717, 1.165) is 37.3 Å². The van der Waals surface area contributed by atoms with Crippen molar-refractivity contribution in [1.82, 2.24) is 15.1 Å². The summed E-state index contributed by atoms with van der Waals surface area (Å²) in [6.45, 7) is 6.72. The summed E-state index contributed by atoms with van der Waals surface area (Å²) < 4.78 is 0. The third-order valence-electron chi connectivity index (χ3n) is 5.62. The van der Waals surface area contributed by atoms with E-state index < -0.39 is 0 Å². The number of aryl methyl sites for hydroxylation is 1. The number of amides is 1. The molecule has 3 rings (SSSR count). The molecule has 0 bridgehead atoms. The maximum atomic E-state index is 12.7. The van der Waals surface area contributed by atoms with Gasteiger partial charge in [-0.15, -0.1) is 0 Å². The first-order valence-corrected chi connectivity index (χ1v) is 9.99. The normalized spacial score (nSPS) is 16.6. The fourth-order valence-corrected chi connectivity index (χ4v) is 3.70. The summed E-state index contributed by atoms with van der Waals surface area (Å²) in [5.74, 6) is 0.00198. The highest BCUT2D eigenvalue weighted by atomic mass is 16.1. The van der Waals surface area contributed by atoms with Crippen LogP contribution in [0.15, 0.2) is 48.5 Å². The summed E-state index contributed by atoms with van der Waals surface area (Å²) in [5, 5.41) is 3.18. The van der Waals surface area contributed by atoms with Gasteiger partial charge in [-0.25, -0.2) is 0 Å². The number of piperazine rings is 1. The Labute approximate surface area is 168 Å². The average molecular weight is 381 g/mol. The molecule has 5 heteroatoms. The second-order valence-electron chi connectivity index (χ2n) is 7.87. The molecular weight excluding hydrogens is 348 g/mol. The predicted octanol–water partition coefficient (Wildman–Crippen LogP) is 2.78. The number of benzene rings is 2. The standard InChI is InChI=1S/C23H32N4O/c1-18-7-5-6-8-21(18)23(28)24-17-22(27-15-13-26(4)14-16-27)19-9-11-20(12-10-19)25(2)3/h5-12,22H,13-17H2,1-4H3,(H,24,28)/t22-/m0/s1. The van der Waals surface area contributed by atoms with Gasteiger partial charge in [0, 0.05) is 58.1 Å². The smallest absolute Gasteiger partial charge is 0.251 e. The first-order chi connectivity index (χ1) is 13.5. The highest BCUT2D eigenvalue weighted by Gasteiger charge is 2.24. The second-order valence-corrected chi connectivity index (χ2v) is 7.87. The van der Waals surface area contributed by atoms with E-state index in [0.29, 0.717) is 6.54 Å². The van der Waals surface area contributed by atoms with E-state index in [1.807, 2.05) is 31.2 Å². The molecule has 1 atom stereocenters. The van der Waals surface area contributed by atoms with Gasteiger partial charge in [-0.1, -0.05) is 30.3 Å².